The van der Waals surface area contributed by atoms with Gasteiger partial charge in [-0.1, -0.05) is 18.2 Å². The van der Waals surface area contributed by atoms with E-state index in [1.807, 2.05) is 35.9 Å². The largest absolute Gasteiger partial charge is 0.358 e. The molecule has 0 aliphatic heterocycles. The average molecular weight is 303 g/mol. The molecule has 0 spiro atoms. The molecule has 0 radical (unpaired) electrons. The molecule has 1 aromatic carbocycles. The lowest BCUT2D eigenvalue weighted by Crippen LogP contribution is -2.47. The molecule has 6 nitrogen and oxygen atoms in total. The summed E-state index contributed by atoms with van der Waals surface area (Å²) >= 11 is 4.98. The highest BCUT2D eigenvalue weighted by atomic mass is 32.1. The predicted molar refractivity (Wildman–Crippen MR) is 86.5 cm³/mol. The van der Waals surface area contributed by atoms with Gasteiger partial charge in [0, 0.05) is 13.6 Å². The quantitative estimate of drug-likeness (QED) is 0.443. The fourth-order valence-corrected chi connectivity index (χ4v) is 2.01. The average Bonchev–Trinajstić information content (AvgIpc) is 2.80. The van der Waals surface area contributed by atoms with Gasteiger partial charge in [-0.15, -0.1) is 6.58 Å². The van der Waals surface area contributed by atoms with Crippen molar-refractivity contribution in [1.29, 1.82) is 0 Å². The van der Waals surface area contributed by atoms with Crippen molar-refractivity contribution in [2.75, 3.05) is 6.54 Å². The number of para-hydroxylation sites is 2. The molecule has 0 fully saturated rings. The number of benzene rings is 1. The van der Waals surface area contributed by atoms with Gasteiger partial charge in [-0.3, -0.25) is 15.6 Å². The van der Waals surface area contributed by atoms with Crippen LogP contribution in [0.5, 0.6) is 0 Å². The minimum Gasteiger partial charge on any atom is -0.358 e. The van der Waals surface area contributed by atoms with E-state index < -0.39 is 0 Å². The van der Waals surface area contributed by atoms with Crippen LogP contribution in [-0.4, -0.2) is 27.1 Å². The number of hydrogen-bond donors (Lipinski definition) is 3. The van der Waals surface area contributed by atoms with E-state index in [2.05, 4.69) is 27.7 Å². The number of imidazole rings is 1. The molecule has 2 aromatic rings. The minimum absolute atomic E-state index is 0.169. The van der Waals surface area contributed by atoms with Crippen molar-refractivity contribution in [3.8, 4) is 0 Å². The van der Waals surface area contributed by atoms with Gasteiger partial charge in [0.15, 0.2) is 5.11 Å². The molecule has 110 valence electrons. The number of aryl methyl sites for hydroxylation is 1. The number of amides is 1. The molecule has 21 heavy (non-hydrogen) atoms. The van der Waals surface area contributed by atoms with E-state index in [4.69, 9.17) is 12.2 Å². The molecule has 0 aliphatic carbocycles. The number of nitrogens with zero attached hydrogens (tertiary/aromatic N) is 2. The van der Waals surface area contributed by atoms with E-state index >= 15 is 0 Å². The highest BCUT2D eigenvalue weighted by Crippen LogP contribution is 2.14. The lowest BCUT2D eigenvalue weighted by atomic mass is 10.3. The van der Waals surface area contributed by atoms with Crippen LogP contribution in [0.3, 0.4) is 0 Å². The van der Waals surface area contributed by atoms with E-state index in [-0.39, 0.29) is 12.3 Å². The summed E-state index contributed by atoms with van der Waals surface area (Å²) in [5.41, 5.74) is 7.03. The molecule has 0 aliphatic rings. The lowest BCUT2D eigenvalue weighted by molar-refractivity contribution is -0.121. The van der Waals surface area contributed by atoms with Crippen LogP contribution in [0.2, 0.25) is 0 Å². The highest BCUT2D eigenvalue weighted by Gasteiger charge is 2.11. The smallest absolute Gasteiger partial charge is 0.245 e. The van der Waals surface area contributed by atoms with Gasteiger partial charge < -0.3 is 9.88 Å². The van der Waals surface area contributed by atoms with Crippen molar-refractivity contribution >= 4 is 34.3 Å². The molecule has 1 amide bonds. The van der Waals surface area contributed by atoms with Gasteiger partial charge in [0.1, 0.15) is 5.82 Å². The molecule has 7 heteroatoms. The number of hydrazine groups is 1. The minimum atomic E-state index is -0.212. The zero-order chi connectivity index (χ0) is 15.2. The van der Waals surface area contributed by atoms with Gasteiger partial charge >= 0.3 is 0 Å². The van der Waals surface area contributed by atoms with Gasteiger partial charge in [-0.25, -0.2) is 4.98 Å². The Bertz CT molecular complexity index is 679. The third kappa shape index (κ3) is 3.79. The number of aromatic nitrogens is 2. The van der Waals surface area contributed by atoms with E-state index in [1.54, 1.807) is 6.08 Å². The van der Waals surface area contributed by atoms with Gasteiger partial charge in [0.25, 0.3) is 0 Å². The van der Waals surface area contributed by atoms with Crippen LogP contribution in [0.1, 0.15) is 5.82 Å². The van der Waals surface area contributed by atoms with Crippen molar-refractivity contribution in [2.24, 2.45) is 7.05 Å². The second-order valence-corrected chi connectivity index (χ2v) is 4.83. The van der Waals surface area contributed by atoms with Gasteiger partial charge in [0.2, 0.25) is 5.91 Å². The standard InChI is InChI=1S/C14H17N5OS/c1-3-8-15-14(21)18-17-13(20)9-12-16-10-6-4-5-7-11(10)19(12)2/h3-7H,1,8-9H2,2H3,(H,17,20)(H2,15,18,21). The zero-order valence-corrected chi connectivity index (χ0v) is 12.5. The van der Waals surface area contributed by atoms with Crippen LogP contribution in [0.15, 0.2) is 36.9 Å². The third-order valence-electron chi connectivity index (χ3n) is 2.92. The summed E-state index contributed by atoms with van der Waals surface area (Å²) in [6.45, 7) is 4.10. The Labute approximate surface area is 128 Å². The molecule has 0 unspecified atom stereocenters. The predicted octanol–water partition coefficient (Wildman–Crippen LogP) is 0.797. The van der Waals surface area contributed by atoms with Crippen molar-refractivity contribution in [2.45, 2.75) is 6.42 Å². The number of nitrogens with one attached hydrogen (secondary N) is 3. The van der Waals surface area contributed by atoms with E-state index in [0.29, 0.717) is 17.5 Å². The summed E-state index contributed by atoms with van der Waals surface area (Å²) in [6.07, 6.45) is 1.84. The molecule has 1 aromatic heterocycles. The molecule has 0 saturated carbocycles. The second kappa shape index (κ2) is 6.85. The maximum absolute atomic E-state index is 11.9. The molecule has 0 saturated heterocycles. The molecule has 1 heterocycles. The summed E-state index contributed by atoms with van der Waals surface area (Å²) in [5, 5.41) is 3.19. The molecular weight excluding hydrogens is 286 g/mol. The van der Waals surface area contributed by atoms with Crippen molar-refractivity contribution in [1.82, 2.24) is 25.7 Å². The molecule has 0 atom stereocenters. The molecular formula is C14H17N5OS. The second-order valence-electron chi connectivity index (χ2n) is 4.42. The summed E-state index contributed by atoms with van der Waals surface area (Å²) in [7, 11) is 1.89. The van der Waals surface area contributed by atoms with Gasteiger partial charge in [-0.05, 0) is 24.4 Å². The van der Waals surface area contributed by atoms with E-state index in [9.17, 15) is 4.79 Å². The van der Waals surface area contributed by atoms with Gasteiger partial charge in [0.05, 0.1) is 17.5 Å². The van der Waals surface area contributed by atoms with Crippen LogP contribution >= 0.6 is 12.2 Å². The van der Waals surface area contributed by atoms with Crippen molar-refractivity contribution in [3.63, 3.8) is 0 Å². The van der Waals surface area contributed by atoms with Crippen LogP contribution in [0.25, 0.3) is 11.0 Å². The molecule has 0 bridgehead atoms. The van der Waals surface area contributed by atoms with Crippen LogP contribution in [-0.2, 0) is 18.3 Å². The molecule has 2 rings (SSSR count). The van der Waals surface area contributed by atoms with E-state index in [1.165, 1.54) is 0 Å². The number of carbonyl (C=O) groups excluding carboxylic acids is 1. The summed E-state index contributed by atoms with van der Waals surface area (Å²) in [5.74, 6) is 0.483. The van der Waals surface area contributed by atoms with Crippen molar-refractivity contribution in [3.05, 3.63) is 42.7 Å². The maximum atomic E-state index is 11.9. The Kier molecular flexibility index (Phi) is 4.89. The molecule has 3 N–H and O–H groups in total. The summed E-state index contributed by atoms with van der Waals surface area (Å²) in [6, 6.07) is 7.75. The Morgan fingerprint density at radius 1 is 1.43 bits per heavy atom. The van der Waals surface area contributed by atoms with Crippen LogP contribution in [0, 0.1) is 0 Å². The van der Waals surface area contributed by atoms with Crippen molar-refractivity contribution < 1.29 is 4.79 Å². The first-order valence-electron chi connectivity index (χ1n) is 6.45. The lowest BCUT2D eigenvalue weighted by Gasteiger charge is -2.10. The first kappa shape index (κ1) is 15.0. The summed E-state index contributed by atoms with van der Waals surface area (Å²) < 4.78 is 1.91. The Balaban J connectivity index is 1.94. The number of carbonyl (C=O) groups is 1. The number of hydrogen-bond acceptors (Lipinski definition) is 3. The SMILES string of the molecule is C=CCNC(=S)NNC(=O)Cc1nc2ccccc2n1C. The Hall–Kier alpha value is -2.41. The monoisotopic (exact) mass is 303 g/mol. The normalized spacial score (nSPS) is 10.1. The zero-order valence-electron chi connectivity index (χ0n) is 11.7. The third-order valence-corrected chi connectivity index (χ3v) is 3.17. The fraction of sp³-hybridized carbons (Fsp3) is 0.214. The number of rotatable bonds is 4. The number of fused-ring (bicyclic) bond motifs is 1. The first-order valence-corrected chi connectivity index (χ1v) is 6.86. The Morgan fingerprint density at radius 2 is 2.19 bits per heavy atom. The fourth-order valence-electron chi connectivity index (χ4n) is 1.88. The Morgan fingerprint density at radius 3 is 2.90 bits per heavy atom. The number of thiocarbonyl (C=S) groups is 1. The van der Waals surface area contributed by atoms with Gasteiger partial charge in [-0.2, -0.15) is 0 Å². The maximum Gasteiger partial charge on any atom is 0.245 e. The van der Waals surface area contributed by atoms with E-state index in [0.717, 1.165) is 11.0 Å². The topological polar surface area (TPSA) is 71.0 Å². The van der Waals surface area contributed by atoms with Crippen LogP contribution < -0.4 is 16.2 Å². The highest BCUT2D eigenvalue weighted by molar-refractivity contribution is 7.80. The summed E-state index contributed by atoms with van der Waals surface area (Å²) in [4.78, 5) is 16.3. The first-order chi connectivity index (χ1) is 10.1. The van der Waals surface area contributed by atoms with Crippen LogP contribution in [0.4, 0.5) is 0 Å².